The summed E-state index contributed by atoms with van der Waals surface area (Å²) in [5.41, 5.74) is 0.0503. The van der Waals surface area contributed by atoms with Gasteiger partial charge < -0.3 is 14.9 Å². The van der Waals surface area contributed by atoms with Crippen molar-refractivity contribution >= 4 is 17.7 Å². The van der Waals surface area contributed by atoms with Crippen molar-refractivity contribution in [1.29, 1.82) is 0 Å². The number of halogens is 1. The van der Waals surface area contributed by atoms with Gasteiger partial charge in [0, 0.05) is 26.2 Å². The molecule has 3 rings (SSSR count). The van der Waals surface area contributed by atoms with Crippen molar-refractivity contribution in [1.82, 2.24) is 9.88 Å². The van der Waals surface area contributed by atoms with E-state index in [1.165, 1.54) is 18.2 Å². The van der Waals surface area contributed by atoms with Gasteiger partial charge in [-0.1, -0.05) is 18.2 Å². The number of aromatic carboxylic acids is 1. The maximum Gasteiger partial charge on any atom is 0.354 e. The molecule has 2 aromatic rings. The number of carboxylic acid groups (broad SMARTS) is 1. The van der Waals surface area contributed by atoms with Crippen molar-refractivity contribution in [2.45, 2.75) is 0 Å². The van der Waals surface area contributed by atoms with Crippen LogP contribution in [0.2, 0.25) is 0 Å². The number of hydrogen-bond donors (Lipinski definition) is 1. The van der Waals surface area contributed by atoms with Crippen LogP contribution in [0.1, 0.15) is 20.8 Å². The second-order valence-electron chi connectivity index (χ2n) is 5.45. The molecular weight excluding hydrogens is 313 g/mol. The van der Waals surface area contributed by atoms with Crippen LogP contribution in [0.5, 0.6) is 0 Å². The number of piperazine rings is 1. The molecule has 0 unspecified atom stereocenters. The summed E-state index contributed by atoms with van der Waals surface area (Å²) in [5.74, 6) is -1.38. The maximum absolute atomic E-state index is 13.7. The molecule has 1 aromatic carbocycles. The highest BCUT2D eigenvalue weighted by Gasteiger charge is 2.24. The first-order chi connectivity index (χ1) is 11.6. The predicted molar refractivity (Wildman–Crippen MR) is 85.7 cm³/mol. The average molecular weight is 329 g/mol. The zero-order valence-electron chi connectivity index (χ0n) is 12.9. The van der Waals surface area contributed by atoms with E-state index in [1.807, 2.05) is 4.90 Å². The smallest absolute Gasteiger partial charge is 0.354 e. The molecule has 1 N–H and O–H groups in total. The van der Waals surface area contributed by atoms with E-state index in [4.69, 9.17) is 5.11 Å². The third-order valence-corrected chi connectivity index (χ3v) is 3.95. The predicted octanol–water partition coefficient (Wildman–Crippen LogP) is 1.88. The second kappa shape index (κ2) is 6.66. The highest BCUT2D eigenvalue weighted by atomic mass is 19.1. The fourth-order valence-corrected chi connectivity index (χ4v) is 2.66. The Balaban J connectivity index is 1.68. The minimum Gasteiger partial charge on any atom is -0.477 e. The van der Waals surface area contributed by atoms with Gasteiger partial charge in [-0.3, -0.25) is 4.79 Å². The van der Waals surface area contributed by atoms with Crippen molar-refractivity contribution in [3.63, 3.8) is 0 Å². The number of carbonyl (C=O) groups is 2. The number of rotatable bonds is 3. The number of hydrogen-bond acceptors (Lipinski definition) is 4. The monoisotopic (exact) mass is 329 g/mol. The highest BCUT2D eigenvalue weighted by molar-refractivity contribution is 5.94. The molecule has 24 heavy (non-hydrogen) atoms. The number of amides is 1. The Kier molecular flexibility index (Phi) is 4.41. The van der Waals surface area contributed by atoms with E-state index in [9.17, 15) is 14.0 Å². The summed E-state index contributed by atoms with van der Waals surface area (Å²) in [6.07, 6.45) is 0. The fourth-order valence-electron chi connectivity index (χ4n) is 2.66. The van der Waals surface area contributed by atoms with E-state index in [0.717, 1.165) is 0 Å². The van der Waals surface area contributed by atoms with Crippen LogP contribution in [-0.4, -0.2) is 53.0 Å². The van der Waals surface area contributed by atoms with Gasteiger partial charge in [-0.15, -0.1) is 0 Å². The quantitative estimate of drug-likeness (QED) is 0.931. The first kappa shape index (κ1) is 15.9. The van der Waals surface area contributed by atoms with Crippen molar-refractivity contribution in [2.24, 2.45) is 0 Å². The highest BCUT2D eigenvalue weighted by Crippen LogP contribution is 2.17. The van der Waals surface area contributed by atoms with Crippen LogP contribution < -0.4 is 4.90 Å². The normalized spacial score (nSPS) is 14.5. The number of benzene rings is 1. The average Bonchev–Trinajstić information content (AvgIpc) is 2.62. The van der Waals surface area contributed by atoms with Crippen molar-refractivity contribution in [3.05, 3.63) is 59.5 Å². The van der Waals surface area contributed by atoms with E-state index in [2.05, 4.69) is 4.98 Å². The minimum atomic E-state index is -1.08. The van der Waals surface area contributed by atoms with E-state index in [1.54, 1.807) is 29.2 Å². The van der Waals surface area contributed by atoms with E-state index in [0.29, 0.717) is 32.0 Å². The van der Waals surface area contributed by atoms with Crippen LogP contribution in [0.4, 0.5) is 10.2 Å². The molecule has 0 spiro atoms. The number of carboxylic acids is 1. The van der Waals surface area contributed by atoms with E-state index < -0.39 is 11.8 Å². The van der Waals surface area contributed by atoms with E-state index >= 15 is 0 Å². The van der Waals surface area contributed by atoms with Crippen LogP contribution in [0.15, 0.2) is 42.5 Å². The van der Waals surface area contributed by atoms with Gasteiger partial charge in [0.1, 0.15) is 11.6 Å². The van der Waals surface area contributed by atoms with Crippen LogP contribution in [0, 0.1) is 5.82 Å². The Morgan fingerprint density at radius 1 is 1.00 bits per heavy atom. The SMILES string of the molecule is O=C(O)c1cccc(N2CCN(C(=O)c3ccccc3F)CC2)n1. The number of carbonyl (C=O) groups excluding carboxylic acids is 1. The van der Waals surface area contributed by atoms with Crippen LogP contribution >= 0.6 is 0 Å². The van der Waals surface area contributed by atoms with Crippen LogP contribution in [0.3, 0.4) is 0 Å². The summed E-state index contributed by atoms with van der Waals surface area (Å²) in [7, 11) is 0. The van der Waals surface area contributed by atoms with Crippen LogP contribution in [0.25, 0.3) is 0 Å². The molecule has 1 fully saturated rings. The molecule has 6 nitrogen and oxygen atoms in total. The van der Waals surface area contributed by atoms with Gasteiger partial charge in [0.25, 0.3) is 5.91 Å². The third kappa shape index (κ3) is 3.19. The van der Waals surface area contributed by atoms with Gasteiger partial charge in [0.05, 0.1) is 5.56 Å². The van der Waals surface area contributed by atoms with Crippen molar-refractivity contribution < 1.29 is 19.1 Å². The van der Waals surface area contributed by atoms with E-state index in [-0.39, 0.29) is 17.2 Å². The van der Waals surface area contributed by atoms with Gasteiger partial charge in [0.2, 0.25) is 0 Å². The molecule has 124 valence electrons. The Labute approximate surface area is 138 Å². The Morgan fingerprint density at radius 3 is 2.38 bits per heavy atom. The zero-order valence-corrected chi connectivity index (χ0v) is 12.9. The van der Waals surface area contributed by atoms with Gasteiger partial charge in [-0.25, -0.2) is 14.2 Å². The summed E-state index contributed by atoms with van der Waals surface area (Å²) in [4.78, 5) is 31.0. The second-order valence-corrected chi connectivity index (χ2v) is 5.45. The van der Waals surface area contributed by atoms with Crippen LogP contribution in [-0.2, 0) is 0 Å². The largest absolute Gasteiger partial charge is 0.477 e. The standard InChI is InChI=1S/C17H16FN3O3/c18-13-5-2-1-4-12(13)16(22)21-10-8-20(9-11-21)15-7-3-6-14(19-15)17(23)24/h1-7H,8-11H2,(H,23,24). The molecule has 1 aromatic heterocycles. The topological polar surface area (TPSA) is 73.7 Å². The molecule has 1 aliphatic rings. The minimum absolute atomic E-state index is 0.0163. The van der Waals surface area contributed by atoms with Gasteiger partial charge in [0.15, 0.2) is 5.69 Å². The molecule has 0 saturated carbocycles. The molecule has 1 amide bonds. The third-order valence-electron chi connectivity index (χ3n) is 3.95. The molecule has 7 heteroatoms. The van der Waals surface area contributed by atoms with Gasteiger partial charge >= 0.3 is 5.97 Å². The summed E-state index contributed by atoms with van der Waals surface area (Å²) in [5, 5.41) is 9.01. The first-order valence-electron chi connectivity index (χ1n) is 7.55. The molecule has 1 aliphatic heterocycles. The number of anilines is 1. The molecule has 0 radical (unpaired) electrons. The van der Waals surface area contributed by atoms with Crippen molar-refractivity contribution in [3.8, 4) is 0 Å². The summed E-state index contributed by atoms with van der Waals surface area (Å²) in [6.45, 7) is 1.87. The molecule has 0 aliphatic carbocycles. The number of aromatic nitrogens is 1. The summed E-state index contributed by atoms with van der Waals surface area (Å²) >= 11 is 0. The van der Waals surface area contributed by atoms with Crippen molar-refractivity contribution in [2.75, 3.05) is 31.1 Å². The lowest BCUT2D eigenvalue weighted by Crippen LogP contribution is -2.49. The van der Waals surface area contributed by atoms with Gasteiger partial charge in [-0.05, 0) is 24.3 Å². The molecule has 1 saturated heterocycles. The fraction of sp³-hybridized carbons (Fsp3) is 0.235. The molecule has 0 atom stereocenters. The number of pyridine rings is 1. The first-order valence-corrected chi connectivity index (χ1v) is 7.55. The Hall–Kier alpha value is -2.96. The zero-order chi connectivity index (χ0) is 17.1. The number of nitrogens with zero attached hydrogens (tertiary/aromatic N) is 3. The maximum atomic E-state index is 13.7. The Morgan fingerprint density at radius 2 is 1.71 bits per heavy atom. The van der Waals surface area contributed by atoms with Gasteiger partial charge in [-0.2, -0.15) is 0 Å². The lowest BCUT2D eigenvalue weighted by atomic mass is 10.1. The summed E-state index contributed by atoms with van der Waals surface area (Å²) < 4.78 is 13.7. The lowest BCUT2D eigenvalue weighted by Gasteiger charge is -2.35. The molecule has 0 bridgehead atoms. The molecule has 2 heterocycles. The summed E-state index contributed by atoms with van der Waals surface area (Å²) in [6, 6.07) is 10.7. The Bertz CT molecular complexity index is 773. The lowest BCUT2D eigenvalue weighted by molar-refractivity contribution is 0.0690. The molecular formula is C17H16FN3O3.